The molecule has 0 radical (unpaired) electrons. The zero-order valence-corrected chi connectivity index (χ0v) is 10.3. The molecule has 1 rings (SSSR count). The summed E-state index contributed by atoms with van der Waals surface area (Å²) in [6.07, 6.45) is 4.94. The molecular weight excluding hydrogens is 204 g/mol. The van der Waals surface area contributed by atoms with Crippen molar-refractivity contribution in [2.75, 3.05) is 6.54 Å². The van der Waals surface area contributed by atoms with Crippen LogP contribution in [0.15, 0.2) is 0 Å². The lowest BCUT2D eigenvalue weighted by atomic mass is 10.1. The Bertz CT molecular complexity index is 219. The maximum atomic E-state index is 11.4. The van der Waals surface area contributed by atoms with Gasteiger partial charge in [-0.2, -0.15) is 0 Å². The summed E-state index contributed by atoms with van der Waals surface area (Å²) in [5, 5.41) is 15.8. The molecule has 1 fully saturated rings. The smallest absolute Gasteiger partial charge is 0.234 e. The van der Waals surface area contributed by atoms with Gasteiger partial charge < -0.3 is 15.7 Å². The first-order chi connectivity index (χ1) is 7.59. The minimum atomic E-state index is -0.297. The van der Waals surface area contributed by atoms with Gasteiger partial charge in [0, 0.05) is 12.1 Å². The van der Waals surface area contributed by atoms with E-state index in [4.69, 9.17) is 0 Å². The summed E-state index contributed by atoms with van der Waals surface area (Å²) in [4.78, 5) is 11.4. The molecule has 0 aromatic rings. The van der Waals surface area contributed by atoms with Crippen molar-refractivity contribution < 1.29 is 9.90 Å². The second-order valence-corrected chi connectivity index (χ2v) is 4.91. The molecule has 1 aliphatic rings. The van der Waals surface area contributed by atoms with Crippen LogP contribution in [-0.2, 0) is 4.79 Å². The fourth-order valence-corrected chi connectivity index (χ4v) is 2.12. The SMILES string of the molecule is CC(C)NC(=O)CNC1CCCCCC1O. The van der Waals surface area contributed by atoms with Crippen LogP contribution in [-0.4, -0.2) is 35.7 Å². The predicted molar refractivity (Wildman–Crippen MR) is 64.2 cm³/mol. The first kappa shape index (κ1) is 13.5. The monoisotopic (exact) mass is 228 g/mol. The zero-order valence-electron chi connectivity index (χ0n) is 10.3. The number of aliphatic hydroxyl groups is 1. The molecule has 0 saturated heterocycles. The Labute approximate surface area is 97.8 Å². The summed E-state index contributed by atoms with van der Waals surface area (Å²) in [7, 11) is 0. The van der Waals surface area contributed by atoms with Crippen molar-refractivity contribution in [2.45, 2.75) is 64.1 Å². The van der Waals surface area contributed by atoms with E-state index < -0.39 is 0 Å². The van der Waals surface area contributed by atoms with Crippen molar-refractivity contribution in [3.8, 4) is 0 Å². The van der Waals surface area contributed by atoms with Gasteiger partial charge in [0.1, 0.15) is 0 Å². The topological polar surface area (TPSA) is 61.4 Å². The van der Waals surface area contributed by atoms with Crippen molar-refractivity contribution in [1.82, 2.24) is 10.6 Å². The quantitative estimate of drug-likeness (QED) is 0.624. The number of hydrogen-bond donors (Lipinski definition) is 3. The van der Waals surface area contributed by atoms with Crippen LogP contribution in [0.1, 0.15) is 46.0 Å². The third-order valence-corrected chi connectivity index (χ3v) is 2.95. The fourth-order valence-electron chi connectivity index (χ4n) is 2.12. The van der Waals surface area contributed by atoms with E-state index in [2.05, 4.69) is 10.6 Å². The van der Waals surface area contributed by atoms with Crippen LogP contribution in [0.4, 0.5) is 0 Å². The van der Waals surface area contributed by atoms with E-state index in [9.17, 15) is 9.90 Å². The third-order valence-electron chi connectivity index (χ3n) is 2.95. The second kappa shape index (κ2) is 6.86. The van der Waals surface area contributed by atoms with E-state index in [-0.39, 0.29) is 24.1 Å². The minimum Gasteiger partial charge on any atom is -0.392 e. The lowest BCUT2D eigenvalue weighted by molar-refractivity contribution is -0.121. The van der Waals surface area contributed by atoms with Crippen LogP contribution in [0.25, 0.3) is 0 Å². The third kappa shape index (κ3) is 4.94. The average molecular weight is 228 g/mol. The molecule has 4 heteroatoms. The van der Waals surface area contributed by atoms with E-state index in [0.29, 0.717) is 6.54 Å². The Balaban J connectivity index is 2.26. The molecule has 0 aliphatic heterocycles. The molecular formula is C12H24N2O2. The van der Waals surface area contributed by atoms with Gasteiger partial charge in [0.05, 0.1) is 12.6 Å². The van der Waals surface area contributed by atoms with Gasteiger partial charge in [0.25, 0.3) is 0 Å². The van der Waals surface area contributed by atoms with Gasteiger partial charge in [0.2, 0.25) is 5.91 Å². The summed E-state index contributed by atoms with van der Waals surface area (Å²) in [5.41, 5.74) is 0. The molecule has 1 saturated carbocycles. The van der Waals surface area contributed by atoms with E-state index in [0.717, 1.165) is 25.7 Å². The van der Waals surface area contributed by atoms with Gasteiger partial charge in [-0.1, -0.05) is 19.3 Å². The molecule has 3 N–H and O–H groups in total. The van der Waals surface area contributed by atoms with E-state index in [1.165, 1.54) is 6.42 Å². The van der Waals surface area contributed by atoms with Crippen molar-refractivity contribution in [2.24, 2.45) is 0 Å². The highest BCUT2D eigenvalue weighted by molar-refractivity contribution is 5.78. The lowest BCUT2D eigenvalue weighted by Gasteiger charge is -2.21. The van der Waals surface area contributed by atoms with Gasteiger partial charge in [-0.3, -0.25) is 4.79 Å². The van der Waals surface area contributed by atoms with Crippen LogP contribution in [0.2, 0.25) is 0 Å². The molecule has 0 aromatic heterocycles. The highest BCUT2D eigenvalue weighted by atomic mass is 16.3. The summed E-state index contributed by atoms with van der Waals surface area (Å²) in [6, 6.07) is 0.258. The molecule has 2 atom stereocenters. The summed E-state index contributed by atoms with van der Waals surface area (Å²) >= 11 is 0. The van der Waals surface area contributed by atoms with Gasteiger partial charge in [-0.05, 0) is 26.7 Å². The van der Waals surface area contributed by atoms with Gasteiger partial charge in [-0.15, -0.1) is 0 Å². The molecule has 16 heavy (non-hydrogen) atoms. The van der Waals surface area contributed by atoms with Crippen LogP contribution < -0.4 is 10.6 Å². The fraction of sp³-hybridized carbons (Fsp3) is 0.917. The van der Waals surface area contributed by atoms with Gasteiger partial charge >= 0.3 is 0 Å². The van der Waals surface area contributed by atoms with E-state index in [1.807, 2.05) is 13.8 Å². The first-order valence-corrected chi connectivity index (χ1v) is 6.30. The molecule has 0 spiro atoms. The number of amides is 1. The van der Waals surface area contributed by atoms with Crippen molar-refractivity contribution in [3.05, 3.63) is 0 Å². The zero-order chi connectivity index (χ0) is 12.0. The molecule has 0 bridgehead atoms. The summed E-state index contributed by atoms with van der Waals surface area (Å²) < 4.78 is 0. The normalized spacial score (nSPS) is 26.5. The second-order valence-electron chi connectivity index (χ2n) is 4.91. The molecule has 1 aliphatic carbocycles. The Morgan fingerprint density at radius 3 is 2.69 bits per heavy atom. The highest BCUT2D eigenvalue weighted by Crippen LogP contribution is 2.17. The van der Waals surface area contributed by atoms with Crippen LogP contribution in [0.3, 0.4) is 0 Å². The maximum absolute atomic E-state index is 11.4. The Morgan fingerprint density at radius 1 is 1.31 bits per heavy atom. The van der Waals surface area contributed by atoms with Crippen molar-refractivity contribution >= 4 is 5.91 Å². The van der Waals surface area contributed by atoms with Crippen LogP contribution >= 0.6 is 0 Å². The van der Waals surface area contributed by atoms with Crippen LogP contribution in [0.5, 0.6) is 0 Å². The minimum absolute atomic E-state index is 0.00597. The predicted octanol–water partition coefficient (Wildman–Crippen LogP) is 0.794. The van der Waals surface area contributed by atoms with E-state index >= 15 is 0 Å². The Kier molecular flexibility index (Phi) is 5.77. The van der Waals surface area contributed by atoms with Crippen LogP contribution in [0, 0.1) is 0 Å². The Morgan fingerprint density at radius 2 is 2.00 bits per heavy atom. The number of carbonyl (C=O) groups is 1. The maximum Gasteiger partial charge on any atom is 0.234 e. The average Bonchev–Trinajstić information content (AvgIpc) is 2.39. The molecule has 0 heterocycles. The highest BCUT2D eigenvalue weighted by Gasteiger charge is 2.21. The van der Waals surface area contributed by atoms with Gasteiger partial charge in [-0.25, -0.2) is 0 Å². The lowest BCUT2D eigenvalue weighted by Crippen LogP contribution is -2.45. The molecule has 1 amide bonds. The standard InChI is InChI=1S/C12H24N2O2/c1-9(2)14-12(16)8-13-10-6-4-3-5-7-11(10)15/h9-11,13,15H,3-8H2,1-2H3,(H,14,16). The largest absolute Gasteiger partial charge is 0.392 e. The number of hydrogen-bond acceptors (Lipinski definition) is 3. The number of carbonyl (C=O) groups excluding carboxylic acids is 1. The first-order valence-electron chi connectivity index (χ1n) is 6.30. The van der Waals surface area contributed by atoms with Crippen molar-refractivity contribution in [3.63, 3.8) is 0 Å². The van der Waals surface area contributed by atoms with Gasteiger partial charge in [0.15, 0.2) is 0 Å². The number of aliphatic hydroxyl groups excluding tert-OH is 1. The Hall–Kier alpha value is -0.610. The molecule has 4 nitrogen and oxygen atoms in total. The van der Waals surface area contributed by atoms with Crippen molar-refractivity contribution in [1.29, 1.82) is 0 Å². The molecule has 94 valence electrons. The van der Waals surface area contributed by atoms with E-state index in [1.54, 1.807) is 0 Å². The molecule has 0 aromatic carbocycles. The summed E-state index contributed by atoms with van der Waals surface area (Å²) in [5.74, 6) is 0.00597. The number of nitrogens with one attached hydrogen (secondary N) is 2. The summed E-state index contributed by atoms with van der Waals surface area (Å²) in [6.45, 7) is 4.19. The molecule has 2 unspecified atom stereocenters. The number of rotatable bonds is 4.